The summed E-state index contributed by atoms with van der Waals surface area (Å²) in [6.07, 6.45) is 4.70. The molecular formula is C18H14ClFN6O. The highest BCUT2D eigenvalue weighted by Crippen LogP contribution is 2.38. The van der Waals surface area contributed by atoms with Crippen LogP contribution < -0.4 is 10.5 Å². The largest absolute Gasteiger partial charge is 0.420 e. The average Bonchev–Trinajstić information content (AvgIpc) is 2.96. The summed E-state index contributed by atoms with van der Waals surface area (Å²) in [5.41, 5.74) is 8.53. The Morgan fingerprint density at radius 1 is 1.22 bits per heavy atom. The van der Waals surface area contributed by atoms with Gasteiger partial charge in [-0.2, -0.15) is 0 Å². The first-order valence-electron chi connectivity index (χ1n) is 7.96. The lowest BCUT2D eigenvalue weighted by Gasteiger charge is -2.10. The molecule has 3 aromatic heterocycles. The van der Waals surface area contributed by atoms with E-state index in [1.165, 1.54) is 18.6 Å². The normalized spacial score (nSPS) is 11.1. The lowest BCUT2D eigenvalue weighted by Crippen LogP contribution is -1.96. The number of rotatable bonds is 3. The zero-order chi connectivity index (χ0) is 19.1. The molecule has 0 aliphatic heterocycles. The number of nitrogen functional groups attached to an aromatic ring is 1. The Balaban J connectivity index is 1.81. The van der Waals surface area contributed by atoms with Crippen molar-refractivity contribution in [2.45, 2.75) is 6.92 Å². The molecule has 1 aromatic carbocycles. The van der Waals surface area contributed by atoms with E-state index >= 15 is 0 Å². The van der Waals surface area contributed by atoms with Crippen LogP contribution in [-0.4, -0.2) is 24.5 Å². The number of hydrogen-bond donors (Lipinski definition) is 1. The summed E-state index contributed by atoms with van der Waals surface area (Å²) in [5.74, 6) is -0.480. The highest BCUT2D eigenvalue weighted by molar-refractivity contribution is 6.32. The number of benzene rings is 1. The summed E-state index contributed by atoms with van der Waals surface area (Å²) in [6, 6.07) is 4.64. The van der Waals surface area contributed by atoms with Crippen molar-refractivity contribution in [3.63, 3.8) is 0 Å². The summed E-state index contributed by atoms with van der Waals surface area (Å²) in [6.45, 7) is 1.78. The molecule has 136 valence electrons. The molecule has 4 aromatic rings. The molecule has 0 spiro atoms. The van der Waals surface area contributed by atoms with Crippen LogP contribution in [0.3, 0.4) is 0 Å². The first-order chi connectivity index (χ1) is 12.9. The number of anilines is 1. The van der Waals surface area contributed by atoms with Gasteiger partial charge in [-0.25, -0.2) is 24.3 Å². The number of ether oxygens (including phenoxy) is 1. The molecule has 2 N–H and O–H groups in total. The number of aryl methyl sites for hydroxylation is 2. The van der Waals surface area contributed by atoms with Gasteiger partial charge in [0.2, 0.25) is 0 Å². The second-order valence-corrected chi connectivity index (χ2v) is 6.37. The fourth-order valence-corrected chi connectivity index (χ4v) is 3.08. The zero-order valence-corrected chi connectivity index (χ0v) is 15.2. The Kier molecular flexibility index (Phi) is 4.12. The first kappa shape index (κ1) is 17.2. The van der Waals surface area contributed by atoms with Gasteiger partial charge in [0, 0.05) is 30.7 Å². The molecule has 0 fully saturated rings. The molecular weight excluding hydrogens is 371 g/mol. The fraction of sp³-hybridized carbons (Fsp3) is 0.111. The molecule has 0 radical (unpaired) electrons. The minimum Gasteiger partial charge on any atom is -0.420 e. The van der Waals surface area contributed by atoms with Gasteiger partial charge < -0.3 is 15.0 Å². The average molecular weight is 385 g/mol. The standard InChI is InChI=1S/C18H14ClFN6O/c1-9-3-4-22-18(25-9)27-15-12(19)5-10(6-13(15)20)11-7-26(2)17-14(11)16(21)23-8-24-17/h3-8H,1-2H3,(H2,21,23,24). The van der Waals surface area contributed by atoms with Crippen LogP contribution in [0.15, 0.2) is 36.9 Å². The molecule has 0 unspecified atom stereocenters. The minimum absolute atomic E-state index is 0.0198. The van der Waals surface area contributed by atoms with Gasteiger partial charge in [-0.05, 0) is 30.7 Å². The SMILES string of the molecule is Cc1ccnc(Oc2c(F)cc(-c3cn(C)c4ncnc(N)c34)cc2Cl)n1. The van der Waals surface area contributed by atoms with Crippen LogP contribution >= 0.6 is 11.6 Å². The highest BCUT2D eigenvalue weighted by Gasteiger charge is 2.18. The molecule has 0 bridgehead atoms. The van der Waals surface area contributed by atoms with Gasteiger partial charge in [-0.15, -0.1) is 0 Å². The molecule has 0 saturated carbocycles. The molecule has 0 aliphatic rings. The summed E-state index contributed by atoms with van der Waals surface area (Å²) in [7, 11) is 1.82. The van der Waals surface area contributed by atoms with Crippen molar-refractivity contribution in [1.29, 1.82) is 0 Å². The first-order valence-corrected chi connectivity index (χ1v) is 8.34. The molecule has 9 heteroatoms. The topological polar surface area (TPSA) is 91.7 Å². The zero-order valence-electron chi connectivity index (χ0n) is 14.4. The van der Waals surface area contributed by atoms with Crippen molar-refractivity contribution in [1.82, 2.24) is 24.5 Å². The summed E-state index contributed by atoms with van der Waals surface area (Å²) in [4.78, 5) is 16.3. The second kappa shape index (κ2) is 6.48. The van der Waals surface area contributed by atoms with Gasteiger partial charge >= 0.3 is 6.01 Å². The Morgan fingerprint density at radius 2 is 2.04 bits per heavy atom. The van der Waals surface area contributed by atoms with E-state index in [2.05, 4.69) is 19.9 Å². The smallest absolute Gasteiger partial charge is 0.322 e. The molecule has 0 saturated heterocycles. The quantitative estimate of drug-likeness (QED) is 0.576. The van der Waals surface area contributed by atoms with Crippen LogP contribution in [-0.2, 0) is 7.05 Å². The van der Waals surface area contributed by atoms with Crippen molar-refractivity contribution < 1.29 is 9.13 Å². The predicted molar refractivity (Wildman–Crippen MR) is 100 cm³/mol. The van der Waals surface area contributed by atoms with Crippen LogP contribution in [0.4, 0.5) is 10.2 Å². The second-order valence-electron chi connectivity index (χ2n) is 5.96. The fourth-order valence-electron chi connectivity index (χ4n) is 2.83. The van der Waals surface area contributed by atoms with E-state index in [4.69, 9.17) is 22.1 Å². The number of aromatic nitrogens is 5. The lowest BCUT2D eigenvalue weighted by atomic mass is 10.1. The monoisotopic (exact) mass is 384 g/mol. The number of nitrogens with two attached hydrogens (primary N) is 1. The third kappa shape index (κ3) is 3.04. The van der Waals surface area contributed by atoms with E-state index in [-0.39, 0.29) is 16.8 Å². The third-order valence-electron chi connectivity index (χ3n) is 4.06. The maximum absolute atomic E-state index is 14.8. The van der Waals surface area contributed by atoms with E-state index in [0.717, 1.165) is 0 Å². The summed E-state index contributed by atoms with van der Waals surface area (Å²) in [5, 5.41) is 0.716. The molecule has 7 nitrogen and oxygen atoms in total. The predicted octanol–water partition coefficient (Wildman–Crippen LogP) is 3.90. The van der Waals surface area contributed by atoms with E-state index in [1.54, 1.807) is 29.8 Å². The van der Waals surface area contributed by atoms with Gasteiger partial charge in [0.05, 0.1) is 10.4 Å². The van der Waals surface area contributed by atoms with E-state index in [9.17, 15) is 4.39 Å². The highest BCUT2D eigenvalue weighted by atomic mass is 35.5. The van der Waals surface area contributed by atoms with E-state index in [1.807, 2.05) is 7.05 Å². The molecule has 27 heavy (non-hydrogen) atoms. The number of fused-ring (bicyclic) bond motifs is 1. The van der Waals surface area contributed by atoms with Crippen molar-refractivity contribution in [2.24, 2.45) is 7.05 Å². The van der Waals surface area contributed by atoms with Crippen molar-refractivity contribution >= 4 is 28.5 Å². The van der Waals surface area contributed by atoms with Crippen molar-refractivity contribution in [2.75, 3.05) is 5.73 Å². The summed E-state index contributed by atoms with van der Waals surface area (Å²) < 4.78 is 22.0. The maximum atomic E-state index is 14.8. The maximum Gasteiger partial charge on any atom is 0.322 e. The molecule has 0 aliphatic carbocycles. The van der Waals surface area contributed by atoms with Gasteiger partial charge in [0.15, 0.2) is 11.6 Å². The van der Waals surface area contributed by atoms with Gasteiger partial charge in [0.1, 0.15) is 17.8 Å². The van der Waals surface area contributed by atoms with Crippen molar-refractivity contribution in [3.05, 3.63) is 53.5 Å². The van der Waals surface area contributed by atoms with Crippen LogP contribution in [0.5, 0.6) is 11.8 Å². The number of nitrogens with zero attached hydrogens (tertiary/aromatic N) is 5. The Bertz CT molecular complexity index is 1150. The van der Waals surface area contributed by atoms with Gasteiger partial charge in [-0.1, -0.05) is 11.6 Å². The Hall–Kier alpha value is -3.26. The van der Waals surface area contributed by atoms with Crippen LogP contribution in [0.1, 0.15) is 5.69 Å². The number of halogens is 2. The van der Waals surface area contributed by atoms with Crippen LogP contribution in [0.2, 0.25) is 5.02 Å². The molecule has 0 atom stereocenters. The van der Waals surface area contributed by atoms with E-state index < -0.39 is 5.82 Å². The molecule has 3 heterocycles. The number of hydrogen-bond acceptors (Lipinski definition) is 6. The lowest BCUT2D eigenvalue weighted by molar-refractivity contribution is 0.410. The van der Waals surface area contributed by atoms with Crippen molar-refractivity contribution in [3.8, 4) is 22.9 Å². The Labute approximate surface area is 158 Å². The minimum atomic E-state index is -0.643. The van der Waals surface area contributed by atoms with E-state index in [0.29, 0.717) is 33.7 Å². The molecule has 4 rings (SSSR count). The Morgan fingerprint density at radius 3 is 2.78 bits per heavy atom. The van der Waals surface area contributed by atoms with Gasteiger partial charge in [-0.3, -0.25) is 0 Å². The summed E-state index contributed by atoms with van der Waals surface area (Å²) >= 11 is 6.28. The van der Waals surface area contributed by atoms with Crippen LogP contribution in [0.25, 0.3) is 22.2 Å². The third-order valence-corrected chi connectivity index (χ3v) is 4.34. The van der Waals surface area contributed by atoms with Crippen LogP contribution in [0, 0.1) is 12.7 Å². The van der Waals surface area contributed by atoms with Gasteiger partial charge in [0.25, 0.3) is 0 Å². The molecule has 0 amide bonds.